The van der Waals surface area contributed by atoms with Gasteiger partial charge in [-0.1, -0.05) is 48.6 Å². The van der Waals surface area contributed by atoms with Crippen LogP contribution in [-0.2, 0) is 16.0 Å². The normalized spacial score (nSPS) is 10.6. The number of anilines is 2. The fourth-order valence-corrected chi connectivity index (χ4v) is 3.82. The van der Waals surface area contributed by atoms with Crippen LogP contribution < -0.4 is 10.6 Å². The first-order chi connectivity index (χ1) is 12.5. The quantitative estimate of drug-likeness (QED) is 0.368. The molecule has 0 fully saturated rings. The van der Waals surface area contributed by atoms with E-state index in [9.17, 15) is 9.59 Å². The fraction of sp³-hybridized carbons (Fsp3) is 0.412. The Morgan fingerprint density at radius 2 is 2.04 bits per heavy atom. The first-order valence-corrected chi connectivity index (χ1v) is 10.6. The second kappa shape index (κ2) is 10.5. The maximum absolute atomic E-state index is 12.2. The van der Waals surface area contributed by atoms with Crippen molar-refractivity contribution < 1.29 is 9.59 Å². The number of hydrogen-bond acceptors (Lipinski definition) is 6. The summed E-state index contributed by atoms with van der Waals surface area (Å²) in [5.74, 6) is -0.369. The predicted molar refractivity (Wildman–Crippen MR) is 108 cm³/mol. The molecule has 2 aromatic rings. The Hall–Kier alpha value is -1.64. The van der Waals surface area contributed by atoms with E-state index in [2.05, 4.69) is 39.9 Å². The van der Waals surface area contributed by atoms with Gasteiger partial charge in [0.05, 0.1) is 5.75 Å². The first-order valence-electron chi connectivity index (χ1n) is 8.23. The Morgan fingerprint density at radius 3 is 2.73 bits per heavy atom. The highest BCUT2D eigenvalue weighted by Gasteiger charge is 2.11. The number of unbranched alkanes of at least 4 members (excludes halogenated alkanes) is 1. The monoisotopic (exact) mass is 412 g/mol. The number of aryl methyl sites for hydroxylation is 2. The van der Waals surface area contributed by atoms with Gasteiger partial charge in [-0.15, -0.1) is 21.8 Å². The average molecular weight is 413 g/mol. The van der Waals surface area contributed by atoms with Crippen LogP contribution in [0.1, 0.15) is 30.9 Å². The Bertz CT molecular complexity index is 767. The number of halogens is 1. The summed E-state index contributed by atoms with van der Waals surface area (Å²) in [5.41, 5.74) is 3.17. The zero-order valence-electron chi connectivity index (χ0n) is 14.7. The zero-order chi connectivity index (χ0) is 18.9. The standard InChI is InChI=1S/C17H21ClN4O2S2/c1-3-4-5-12-6-7-13(11(2)8-12)19-15(24)10-25-17-22-21-16(26-17)20-14(23)9-18/h6-8H,3-5,9-10H2,1-2H3,(H,19,24)(H,20,21,23). The lowest BCUT2D eigenvalue weighted by Gasteiger charge is -2.10. The van der Waals surface area contributed by atoms with E-state index in [1.54, 1.807) is 0 Å². The van der Waals surface area contributed by atoms with Gasteiger partial charge in [0.25, 0.3) is 0 Å². The average Bonchev–Trinajstić information content (AvgIpc) is 3.07. The van der Waals surface area contributed by atoms with Crippen molar-refractivity contribution in [2.45, 2.75) is 37.4 Å². The number of hydrogen-bond donors (Lipinski definition) is 2. The highest BCUT2D eigenvalue weighted by atomic mass is 35.5. The molecule has 0 aliphatic rings. The molecule has 140 valence electrons. The molecule has 1 aromatic heterocycles. The van der Waals surface area contributed by atoms with Crippen molar-refractivity contribution in [3.05, 3.63) is 29.3 Å². The lowest BCUT2D eigenvalue weighted by Crippen LogP contribution is -2.14. The minimum Gasteiger partial charge on any atom is -0.325 e. The van der Waals surface area contributed by atoms with Crippen LogP contribution in [0.25, 0.3) is 0 Å². The molecule has 0 aliphatic carbocycles. The van der Waals surface area contributed by atoms with Crippen LogP contribution in [0.5, 0.6) is 0 Å². The number of amides is 2. The molecule has 2 N–H and O–H groups in total. The molecule has 2 rings (SSSR count). The number of thioether (sulfide) groups is 1. The molecule has 0 atom stereocenters. The molecule has 0 spiro atoms. The summed E-state index contributed by atoms with van der Waals surface area (Å²) in [6.07, 6.45) is 3.38. The molecule has 2 amide bonds. The van der Waals surface area contributed by atoms with Crippen molar-refractivity contribution >= 4 is 57.3 Å². The molecule has 1 aromatic carbocycles. The van der Waals surface area contributed by atoms with Crippen molar-refractivity contribution in [2.75, 3.05) is 22.3 Å². The van der Waals surface area contributed by atoms with E-state index in [1.807, 2.05) is 13.0 Å². The second-order valence-corrected chi connectivity index (χ2v) is 8.11. The molecule has 26 heavy (non-hydrogen) atoms. The molecular formula is C17H21ClN4O2S2. The summed E-state index contributed by atoms with van der Waals surface area (Å²) in [5, 5.41) is 13.6. The van der Waals surface area contributed by atoms with Gasteiger partial charge in [-0.2, -0.15) is 0 Å². The third kappa shape index (κ3) is 6.59. The summed E-state index contributed by atoms with van der Waals surface area (Å²) < 4.78 is 0.608. The predicted octanol–water partition coefficient (Wildman–Crippen LogP) is 4.10. The van der Waals surface area contributed by atoms with Crippen molar-refractivity contribution in [3.63, 3.8) is 0 Å². The molecular weight excluding hydrogens is 392 g/mol. The molecule has 0 saturated carbocycles. The third-order valence-electron chi connectivity index (χ3n) is 3.48. The first kappa shape index (κ1) is 20.7. The van der Waals surface area contributed by atoms with Crippen LogP contribution >= 0.6 is 34.7 Å². The van der Waals surface area contributed by atoms with E-state index in [1.165, 1.54) is 28.7 Å². The van der Waals surface area contributed by atoms with Gasteiger partial charge in [-0.3, -0.25) is 14.9 Å². The van der Waals surface area contributed by atoms with Gasteiger partial charge < -0.3 is 5.32 Å². The Balaban J connectivity index is 1.84. The van der Waals surface area contributed by atoms with Crippen LogP contribution in [0.15, 0.2) is 22.5 Å². The zero-order valence-corrected chi connectivity index (χ0v) is 17.1. The van der Waals surface area contributed by atoms with Crippen LogP contribution in [-0.4, -0.2) is 33.6 Å². The number of benzene rings is 1. The van der Waals surface area contributed by atoms with Crippen molar-refractivity contribution in [1.29, 1.82) is 0 Å². The van der Waals surface area contributed by atoms with Gasteiger partial charge in [-0.05, 0) is 37.0 Å². The number of carbonyl (C=O) groups excluding carboxylic acids is 2. The van der Waals surface area contributed by atoms with Crippen molar-refractivity contribution in [2.24, 2.45) is 0 Å². The summed E-state index contributed by atoms with van der Waals surface area (Å²) in [6.45, 7) is 4.17. The van der Waals surface area contributed by atoms with Crippen LogP contribution in [0, 0.1) is 6.92 Å². The van der Waals surface area contributed by atoms with E-state index in [0.29, 0.717) is 9.47 Å². The van der Waals surface area contributed by atoms with Gasteiger partial charge in [0, 0.05) is 5.69 Å². The summed E-state index contributed by atoms with van der Waals surface area (Å²) in [4.78, 5) is 23.4. The lowest BCUT2D eigenvalue weighted by atomic mass is 10.0. The molecule has 0 saturated heterocycles. The van der Waals surface area contributed by atoms with Gasteiger partial charge in [0.1, 0.15) is 5.88 Å². The maximum Gasteiger partial charge on any atom is 0.241 e. The molecule has 6 nitrogen and oxygen atoms in total. The number of aromatic nitrogens is 2. The Labute approximate surface area is 166 Å². The van der Waals surface area contributed by atoms with E-state index in [4.69, 9.17) is 11.6 Å². The van der Waals surface area contributed by atoms with Gasteiger partial charge >= 0.3 is 0 Å². The number of rotatable bonds is 9. The molecule has 0 aliphatic heterocycles. The lowest BCUT2D eigenvalue weighted by molar-refractivity contribution is -0.114. The van der Waals surface area contributed by atoms with Gasteiger partial charge in [-0.25, -0.2) is 0 Å². The molecule has 0 unspecified atom stereocenters. The number of nitrogens with zero attached hydrogens (tertiary/aromatic N) is 2. The maximum atomic E-state index is 12.2. The van der Waals surface area contributed by atoms with Crippen LogP contribution in [0.3, 0.4) is 0 Å². The molecule has 9 heteroatoms. The highest BCUT2D eigenvalue weighted by Crippen LogP contribution is 2.26. The van der Waals surface area contributed by atoms with Crippen LogP contribution in [0.2, 0.25) is 0 Å². The van der Waals surface area contributed by atoms with E-state index >= 15 is 0 Å². The summed E-state index contributed by atoms with van der Waals surface area (Å²) in [6, 6.07) is 6.13. The van der Waals surface area contributed by atoms with Gasteiger partial charge in [0.15, 0.2) is 4.34 Å². The SMILES string of the molecule is CCCCc1ccc(NC(=O)CSc2nnc(NC(=O)CCl)s2)c(C)c1. The molecule has 0 radical (unpaired) electrons. The number of nitrogens with one attached hydrogen (secondary N) is 2. The number of alkyl halides is 1. The largest absolute Gasteiger partial charge is 0.325 e. The fourth-order valence-electron chi connectivity index (χ4n) is 2.19. The number of carbonyl (C=O) groups is 2. The second-order valence-electron chi connectivity index (χ2n) is 5.64. The molecule has 0 bridgehead atoms. The third-order valence-corrected chi connectivity index (χ3v) is 5.70. The van der Waals surface area contributed by atoms with E-state index < -0.39 is 0 Å². The summed E-state index contributed by atoms with van der Waals surface area (Å²) in [7, 11) is 0. The summed E-state index contributed by atoms with van der Waals surface area (Å²) >= 11 is 7.90. The van der Waals surface area contributed by atoms with E-state index in [-0.39, 0.29) is 23.4 Å². The Morgan fingerprint density at radius 1 is 1.23 bits per heavy atom. The smallest absolute Gasteiger partial charge is 0.241 e. The van der Waals surface area contributed by atoms with E-state index in [0.717, 1.165) is 30.5 Å². The van der Waals surface area contributed by atoms with Crippen molar-refractivity contribution in [3.8, 4) is 0 Å². The van der Waals surface area contributed by atoms with Gasteiger partial charge in [0.2, 0.25) is 16.9 Å². The minimum absolute atomic E-state index is 0.110. The topological polar surface area (TPSA) is 84.0 Å². The Kier molecular flexibility index (Phi) is 8.34. The minimum atomic E-state index is -0.338. The molecule has 1 heterocycles. The van der Waals surface area contributed by atoms with Crippen LogP contribution in [0.4, 0.5) is 10.8 Å². The van der Waals surface area contributed by atoms with Crippen molar-refractivity contribution in [1.82, 2.24) is 10.2 Å². The highest BCUT2D eigenvalue weighted by molar-refractivity contribution is 8.01.